The first-order valence-corrected chi connectivity index (χ1v) is 22.8. The highest BCUT2D eigenvalue weighted by atomic mass is 32.2. The van der Waals surface area contributed by atoms with Crippen molar-refractivity contribution in [2.24, 2.45) is 0 Å². The molecule has 0 saturated carbocycles. The second-order valence-corrected chi connectivity index (χ2v) is 18.5. The van der Waals surface area contributed by atoms with E-state index in [1.807, 2.05) is 47.4 Å². The lowest BCUT2D eigenvalue weighted by Crippen LogP contribution is -2.39. The number of halogens is 1. The first-order valence-electron chi connectivity index (χ1n) is 19.3. The molecule has 8 rings (SSSR count). The van der Waals surface area contributed by atoms with E-state index in [-0.39, 0.29) is 28.2 Å². The second-order valence-electron chi connectivity index (χ2n) is 14.3. The number of carbonyl (C=O) groups is 2. The first-order chi connectivity index (χ1) is 28.7. The number of ether oxygens (including phenoxy) is 1. The van der Waals surface area contributed by atoms with Crippen LogP contribution >= 0.6 is 23.1 Å². The molecule has 16 heteroatoms. The van der Waals surface area contributed by atoms with Gasteiger partial charge in [0, 0.05) is 67.4 Å². The number of pyridine rings is 2. The van der Waals surface area contributed by atoms with Crippen molar-refractivity contribution in [1.29, 1.82) is 0 Å². The zero-order valence-electron chi connectivity index (χ0n) is 32.1. The maximum absolute atomic E-state index is 15.7. The van der Waals surface area contributed by atoms with Gasteiger partial charge in [0.1, 0.15) is 23.1 Å². The molecule has 1 fully saturated rings. The third-order valence-electron chi connectivity index (χ3n) is 10.3. The number of benzene rings is 3. The largest absolute Gasteiger partial charge is 0.379 e. The molecule has 12 nitrogen and oxygen atoms in total. The molecule has 0 bridgehead atoms. The summed E-state index contributed by atoms with van der Waals surface area (Å²) in [4.78, 5) is 45.3. The van der Waals surface area contributed by atoms with Crippen molar-refractivity contribution in [2.75, 3.05) is 66.4 Å². The fourth-order valence-corrected chi connectivity index (χ4v) is 10.2. The van der Waals surface area contributed by atoms with E-state index in [0.29, 0.717) is 55.0 Å². The van der Waals surface area contributed by atoms with Crippen LogP contribution in [0.4, 0.5) is 21.0 Å². The minimum Gasteiger partial charge on any atom is -0.379 e. The van der Waals surface area contributed by atoms with Gasteiger partial charge in [-0.1, -0.05) is 47.7 Å². The summed E-state index contributed by atoms with van der Waals surface area (Å²) in [5.74, 6) is -1.43. The summed E-state index contributed by atoms with van der Waals surface area (Å²) in [7, 11) is -4.22. The Hall–Kier alpha value is -5.26. The number of fused-ring (bicyclic) bond motifs is 2. The van der Waals surface area contributed by atoms with Gasteiger partial charge in [-0.05, 0) is 78.6 Å². The fraction of sp³-hybridized carbons (Fsp3) is 0.279. The van der Waals surface area contributed by atoms with E-state index in [2.05, 4.69) is 30.5 Å². The van der Waals surface area contributed by atoms with Gasteiger partial charge in [-0.15, -0.1) is 11.8 Å². The summed E-state index contributed by atoms with van der Waals surface area (Å²) in [6.45, 7) is 4.80. The number of rotatable bonds is 15. The highest BCUT2D eigenvalue weighted by molar-refractivity contribution is 7.99. The number of Topliss-reactive ketones (excluding diaryl/α,β-unsaturated/α-hetero) is 1. The Morgan fingerprint density at radius 3 is 2.59 bits per heavy atom. The molecule has 3 aromatic heterocycles. The number of thioether (sulfide) groups is 1. The molecule has 0 unspecified atom stereocenters. The quantitative estimate of drug-likeness (QED) is 0.0811. The molecule has 2 N–H and O–H groups in total. The van der Waals surface area contributed by atoms with Crippen LogP contribution in [0, 0.1) is 5.82 Å². The van der Waals surface area contributed by atoms with Crippen molar-refractivity contribution in [3.63, 3.8) is 0 Å². The number of aromatic nitrogens is 3. The normalized spacial score (nSPS) is 15.1. The summed E-state index contributed by atoms with van der Waals surface area (Å²) < 4.78 is 49.1. The van der Waals surface area contributed by atoms with Crippen LogP contribution in [0.1, 0.15) is 38.4 Å². The fourth-order valence-electron chi connectivity index (χ4n) is 7.17. The van der Waals surface area contributed by atoms with Gasteiger partial charge in [-0.2, -0.15) is 0 Å². The predicted octanol–water partition coefficient (Wildman–Crippen LogP) is 6.99. The molecule has 304 valence electrons. The molecule has 0 radical (unpaired) electrons. The molecule has 1 saturated heterocycles. The molecule has 5 heterocycles. The molecule has 2 aliphatic heterocycles. The molecule has 0 spiro atoms. The van der Waals surface area contributed by atoms with Crippen LogP contribution in [0.15, 0.2) is 113 Å². The zero-order valence-corrected chi connectivity index (χ0v) is 34.5. The van der Waals surface area contributed by atoms with Gasteiger partial charge in [-0.25, -0.2) is 22.8 Å². The van der Waals surface area contributed by atoms with Crippen molar-refractivity contribution < 1.29 is 27.1 Å². The van der Waals surface area contributed by atoms with Crippen LogP contribution in [0.3, 0.4) is 0 Å². The van der Waals surface area contributed by atoms with Gasteiger partial charge in [0.25, 0.3) is 5.91 Å². The summed E-state index contributed by atoms with van der Waals surface area (Å²) in [6, 6.07) is 25.9. The zero-order chi connectivity index (χ0) is 40.8. The Morgan fingerprint density at radius 1 is 0.949 bits per heavy atom. The summed E-state index contributed by atoms with van der Waals surface area (Å²) >= 11 is 3.02. The van der Waals surface area contributed by atoms with E-state index in [1.165, 1.54) is 29.5 Å². The monoisotopic (exact) mass is 851 g/mol. The Labute approximate surface area is 350 Å². The Bertz CT molecular complexity index is 2540. The van der Waals surface area contributed by atoms with E-state index < -0.39 is 27.2 Å². The topological polar surface area (TPSA) is 147 Å². The van der Waals surface area contributed by atoms with Crippen molar-refractivity contribution in [1.82, 2.24) is 19.9 Å². The number of anilines is 3. The Morgan fingerprint density at radius 2 is 1.78 bits per heavy atom. The predicted molar refractivity (Wildman–Crippen MR) is 230 cm³/mol. The standard InChI is InChI=1S/C43H42FN7O5S3/c44-35-24-32(12-13-36(35)46-30(16-18-50-20-22-56-23-21-50)27-57-31-7-2-1-3-8-31)59(54,55)28-39(52)37-10-5-11-41(47-37)51-19-15-29-6-4-9-33(34(29)26-51)42(53)49-43-48-38-14-17-45-25-40(38)58-43/h1-14,17,24-25,30,46H,15-16,18-23,26-28H2,(H,48,49,53)/t30-/m1/s1. The van der Waals surface area contributed by atoms with Crippen LogP contribution in [0.5, 0.6) is 0 Å². The van der Waals surface area contributed by atoms with E-state index in [1.54, 1.807) is 48.4 Å². The molecular formula is C43H42FN7O5S3. The van der Waals surface area contributed by atoms with Gasteiger partial charge >= 0.3 is 0 Å². The molecule has 0 aliphatic carbocycles. The maximum Gasteiger partial charge on any atom is 0.257 e. The number of sulfone groups is 1. The molecule has 59 heavy (non-hydrogen) atoms. The number of hydrogen-bond acceptors (Lipinski definition) is 13. The minimum atomic E-state index is -4.22. The van der Waals surface area contributed by atoms with E-state index >= 15 is 4.39 Å². The number of nitrogens with zero attached hydrogens (tertiary/aromatic N) is 5. The van der Waals surface area contributed by atoms with Gasteiger partial charge in [0.15, 0.2) is 20.8 Å². The third kappa shape index (κ3) is 9.96. The van der Waals surface area contributed by atoms with Gasteiger partial charge in [-0.3, -0.25) is 24.8 Å². The van der Waals surface area contributed by atoms with Crippen LogP contribution in [-0.2, 0) is 27.5 Å². The highest BCUT2D eigenvalue weighted by Crippen LogP contribution is 2.30. The third-order valence-corrected chi connectivity index (χ3v) is 14.1. The van der Waals surface area contributed by atoms with Crippen LogP contribution in [0.2, 0.25) is 0 Å². The molecule has 2 aliphatic rings. The number of thiazole rings is 1. The Kier molecular flexibility index (Phi) is 12.6. The lowest BCUT2D eigenvalue weighted by atomic mass is 9.94. The van der Waals surface area contributed by atoms with Crippen molar-refractivity contribution >= 4 is 71.5 Å². The number of carbonyl (C=O) groups excluding carboxylic acids is 2. The number of amides is 1. The summed E-state index contributed by atoms with van der Waals surface area (Å²) in [5.41, 5.74) is 3.30. The smallest absolute Gasteiger partial charge is 0.257 e. The van der Waals surface area contributed by atoms with Gasteiger partial charge in [0.05, 0.1) is 34.0 Å². The highest BCUT2D eigenvalue weighted by Gasteiger charge is 2.27. The Balaban J connectivity index is 0.922. The van der Waals surface area contributed by atoms with Crippen LogP contribution in [0.25, 0.3) is 10.2 Å². The average molecular weight is 852 g/mol. The molecule has 1 atom stereocenters. The average Bonchev–Trinajstić information content (AvgIpc) is 3.67. The van der Waals surface area contributed by atoms with E-state index in [4.69, 9.17) is 4.74 Å². The number of hydrogen-bond donors (Lipinski definition) is 2. The van der Waals surface area contributed by atoms with Gasteiger partial charge < -0.3 is 15.0 Å². The number of ketones is 1. The number of morpholine rings is 1. The maximum atomic E-state index is 15.7. The van der Waals surface area contributed by atoms with Crippen LogP contribution in [-0.4, -0.2) is 96.9 Å². The summed E-state index contributed by atoms with van der Waals surface area (Å²) in [6.07, 6.45) is 4.75. The SMILES string of the molecule is O=C(CS(=O)(=O)c1ccc(N[C@H](CCN2CCOCC2)CSc2ccccc2)c(F)c1)c1cccc(N2CCc3cccc(C(=O)Nc4nc5ccncc5s4)c3C2)n1. The van der Waals surface area contributed by atoms with Crippen molar-refractivity contribution in [3.8, 4) is 0 Å². The van der Waals surface area contributed by atoms with Gasteiger partial charge in [0.2, 0.25) is 0 Å². The molecule has 1 amide bonds. The van der Waals surface area contributed by atoms with E-state index in [0.717, 1.165) is 58.4 Å². The van der Waals surface area contributed by atoms with Crippen molar-refractivity contribution in [3.05, 3.63) is 132 Å². The molecular weight excluding hydrogens is 810 g/mol. The molecule has 3 aromatic carbocycles. The molecule has 6 aromatic rings. The second kappa shape index (κ2) is 18.3. The first kappa shape index (κ1) is 40.5. The summed E-state index contributed by atoms with van der Waals surface area (Å²) in [5, 5.41) is 6.71. The lowest BCUT2D eigenvalue weighted by molar-refractivity contribution is 0.0370. The minimum absolute atomic E-state index is 0.0222. The lowest BCUT2D eigenvalue weighted by Gasteiger charge is -2.31. The van der Waals surface area contributed by atoms with Crippen molar-refractivity contribution in [2.45, 2.75) is 35.2 Å². The van der Waals surface area contributed by atoms with Crippen LogP contribution < -0.4 is 15.5 Å². The van der Waals surface area contributed by atoms with E-state index in [9.17, 15) is 18.0 Å². The number of nitrogens with one attached hydrogen (secondary N) is 2.